The van der Waals surface area contributed by atoms with E-state index in [4.69, 9.17) is 4.74 Å². The predicted molar refractivity (Wildman–Crippen MR) is 75.6 cm³/mol. The lowest BCUT2D eigenvalue weighted by Gasteiger charge is -2.61. The molecular weight excluding hydrogens is 236 g/mol. The lowest BCUT2D eigenvalue weighted by Crippen LogP contribution is -2.56. The van der Waals surface area contributed by atoms with Crippen LogP contribution in [0.15, 0.2) is 12.3 Å². The number of hydrogen-bond donors (Lipinski definition) is 0. The average Bonchev–Trinajstić information content (AvgIpc) is 2.25. The molecule has 0 aromatic heterocycles. The second-order valence-electron chi connectivity index (χ2n) is 7.79. The van der Waals surface area contributed by atoms with E-state index < -0.39 is 0 Å². The minimum absolute atomic E-state index is 0.0437. The first-order valence-electron chi connectivity index (χ1n) is 7.70. The quantitative estimate of drug-likeness (QED) is 0.563. The van der Waals surface area contributed by atoms with Crippen LogP contribution in [0.3, 0.4) is 0 Å². The van der Waals surface area contributed by atoms with E-state index in [1.54, 1.807) is 0 Å². The lowest BCUT2D eigenvalue weighted by molar-refractivity contribution is -0.173. The predicted octanol–water partition coefficient (Wildman–Crippen LogP) is 4.10. The first-order chi connectivity index (χ1) is 8.81. The Bertz CT molecular complexity index is 384. The highest BCUT2D eigenvalue weighted by molar-refractivity contribution is 5.90. The molecule has 2 nitrogen and oxygen atoms in total. The summed E-state index contributed by atoms with van der Waals surface area (Å²) in [6.07, 6.45) is 8.17. The summed E-state index contributed by atoms with van der Waals surface area (Å²) in [4.78, 5) is 11.4. The fourth-order valence-electron chi connectivity index (χ4n) is 5.34. The van der Waals surface area contributed by atoms with Crippen molar-refractivity contribution in [3.63, 3.8) is 0 Å². The van der Waals surface area contributed by atoms with Crippen molar-refractivity contribution in [2.75, 3.05) is 0 Å². The Morgan fingerprint density at radius 3 is 1.89 bits per heavy atom. The number of carbonyl (C=O) groups excluding carboxylic acids is 1. The Hall–Kier alpha value is -0.790. The van der Waals surface area contributed by atoms with Crippen LogP contribution >= 0.6 is 0 Å². The number of carbonyl (C=O) groups is 1. The van der Waals surface area contributed by atoms with Gasteiger partial charge in [0.15, 0.2) is 11.5 Å². The van der Waals surface area contributed by atoms with E-state index in [2.05, 4.69) is 20.4 Å². The van der Waals surface area contributed by atoms with Gasteiger partial charge in [0.25, 0.3) is 0 Å². The molecule has 0 spiro atoms. The van der Waals surface area contributed by atoms with Crippen LogP contribution in [0.2, 0.25) is 0 Å². The van der Waals surface area contributed by atoms with Crippen molar-refractivity contribution in [2.45, 2.75) is 64.9 Å². The highest BCUT2D eigenvalue weighted by Gasteiger charge is 2.58. The molecule has 4 bridgehead atoms. The number of ether oxygens (including phenoxy) is 1. The van der Waals surface area contributed by atoms with Crippen molar-refractivity contribution in [2.24, 2.45) is 23.2 Å². The smallest absolute Gasteiger partial charge is 0.193 e. The summed E-state index contributed by atoms with van der Waals surface area (Å²) in [5.74, 6) is 3.00. The van der Waals surface area contributed by atoms with Gasteiger partial charge in [-0.2, -0.15) is 0 Å². The van der Waals surface area contributed by atoms with E-state index in [9.17, 15) is 4.79 Å². The molecule has 0 N–H and O–H groups in total. The standard InChI is InChI=1S/C17H26O2/c1-11(18)12(2)19-16(3,4)17-8-13-5-14(9-17)7-15(6-13)10-17/h13-15H,2,5-10H2,1,3-4H3. The van der Waals surface area contributed by atoms with Gasteiger partial charge in [0.2, 0.25) is 0 Å². The summed E-state index contributed by atoms with van der Waals surface area (Å²) in [6, 6.07) is 0. The first kappa shape index (κ1) is 13.2. The third-order valence-electron chi connectivity index (χ3n) is 6.09. The van der Waals surface area contributed by atoms with E-state index in [1.807, 2.05) is 0 Å². The van der Waals surface area contributed by atoms with Gasteiger partial charge in [0.1, 0.15) is 5.60 Å². The molecule has 2 heteroatoms. The summed E-state index contributed by atoms with van der Waals surface area (Å²) < 4.78 is 6.04. The van der Waals surface area contributed by atoms with Gasteiger partial charge >= 0.3 is 0 Å². The molecule has 0 atom stereocenters. The zero-order valence-corrected chi connectivity index (χ0v) is 12.5. The maximum atomic E-state index is 11.4. The number of ketones is 1. The Balaban J connectivity index is 1.83. The molecule has 0 aromatic carbocycles. The summed E-state index contributed by atoms with van der Waals surface area (Å²) >= 11 is 0. The van der Waals surface area contributed by atoms with Crippen LogP contribution in [0, 0.1) is 23.2 Å². The highest BCUT2D eigenvalue weighted by Crippen LogP contribution is 2.64. The molecule has 0 unspecified atom stereocenters. The van der Waals surface area contributed by atoms with Gasteiger partial charge in [-0.25, -0.2) is 0 Å². The second kappa shape index (κ2) is 4.10. The summed E-state index contributed by atoms with van der Waals surface area (Å²) in [6.45, 7) is 9.68. The van der Waals surface area contributed by atoms with Crippen molar-refractivity contribution in [1.82, 2.24) is 0 Å². The summed E-state index contributed by atoms with van der Waals surface area (Å²) in [5.41, 5.74) is 0.0197. The molecule has 4 rings (SSSR count). The third kappa shape index (κ3) is 2.04. The van der Waals surface area contributed by atoms with Crippen LogP contribution in [0.5, 0.6) is 0 Å². The minimum Gasteiger partial charge on any atom is -0.484 e. The van der Waals surface area contributed by atoms with Gasteiger partial charge in [-0.3, -0.25) is 4.79 Å². The van der Waals surface area contributed by atoms with Crippen LogP contribution < -0.4 is 0 Å². The van der Waals surface area contributed by atoms with E-state index in [-0.39, 0.29) is 16.8 Å². The summed E-state index contributed by atoms with van der Waals surface area (Å²) in [5, 5.41) is 0. The number of rotatable bonds is 4. The number of Topliss-reactive ketones (excluding diaryl/α,β-unsaturated/α-hetero) is 1. The zero-order valence-electron chi connectivity index (χ0n) is 12.5. The van der Waals surface area contributed by atoms with E-state index in [0.717, 1.165) is 17.8 Å². The minimum atomic E-state index is -0.258. The topological polar surface area (TPSA) is 26.3 Å². The fraction of sp³-hybridized carbons (Fsp3) is 0.824. The molecule has 4 fully saturated rings. The van der Waals surface area contributed by atoms with Crippen molar-refractivity contribution in [3.8, 4) is 0 Å². The van der Waals surface area contributed by atoms with Crippen LogP contribution in [-0.2, 0) is 9.53 Å². The largest absolute Gasteiger partial charge is 0.484 e. The fourth-order valence-corrected chi connectivity index (χ4v) is 5.34. The number of hydrogen-bond acceptors (Lipinski definition) is 2. The summed E-state index contributed by atoms with van der Waals surface area (Å²) in [7, 11) is 0. The maximum absolute atomic E-state index is 11.4. The molecule has 19 heavy (non-hydrogen) atoms. The number of allylic oxidation sites excluding steroid dienone is 1. The second-order valence-corrected chi connectivity index (χ2v) is 7.79. The molecule has 4 saturated carbocycles. The molecule has 4 aliphatic carbocycles. The van der Waals surface area contributed by atoms with Gasteiger partial charge in [0, 0.05) is 12.3 Å². The molecule has 0 aliphatic heterocycles. The Morgan fingerprint density at radius 2 is 1.53 bits per heavy atom. The van der Waals surface area contributed by atoms with E-state index >= 15 is 0 Å². The van der Waals surface area contributed by atoms with Crippen molar-refractivity contribution in [3.05, 3.63) is 12.3 Å². The van der Waals surface area contributed by atoms with Crippen LogP contribution in [0.4, 0.5) is 0 Å². The maximum Gasteiger partial charge on any atom is 0.193 e. The monoisotopic (exact) mass is 262 g/mol. The molecule has 0 aromatic rings. The van der Waals surface area contributed by atoms with Crippen LogP contribution in [0.25, 0.3) is 0 Å². The normalized spacial score (nSPS) is 40.3. The lowest BCUT2D eigenvalue weighted by atomic mass is 9.46. The van der Waals surface area contributed by atoms with Crippen molar-refractivity contribution >= 4 is 5.78 Å². The van der Waals surface area contributed by atoms with Gasteiger partial charge in [-0.15, -0.1) is 0 Å². The Morgan fingerprint density at radius 1 is 1.11 bits per heavy atom. The molecule has 0 amide bonds. The van der Waals surface area contributed by atoms with Crippen molar-refractivity contribution in [1.29, 1.82) is 0 Å². The highest BCUT2D eigenvalue weighted by atomic mass is 16.5. The van der Waals surface area contributed by atoms with E-state index in [0.29, 0.717) is 5.76 Å². The molecule has 0 radical (unpaired) electrons. The Kier molecular flexibility index (Phi) is 2.85. The molecule has 4 aliphatic rings. The van der Waals surface area contributed by atoms with Gasteiger partial charge in [-0.05, 0) is 70.1 Å². The Labute approximate surface area is 116 Å². The zero-order chi connectivity index (χ0) is 13.8. The van der Waals surface area contributed by atoms with Crippen molar-refractivity contribution < 1.29 is 9.53 Å². The van der Waals surface area contributed by atoms with Gasteiger partial charge in [0.05, 0.1) is 0 Å². The molecule has 0 heterocycles. The SMILES string of the molecule is C=C(OC(C)(C)C12CC3CC(CC(C3)C1)C2)C(C)=O. The average molecular weight is 262 g/mol. The molecule has 106 valence electrons. The molecule has 0 saturated heterocycles. The first-order valence-corrected chi connectivity index (χ1v) is 7.70. The third-order valence-corrected chi connectivity index (χ3v) is 6.09. The van der Waals surface area contributed by atoms with Gasteiger partial charge in [-0.1, -0.05) is 6.58 Å². The van der Waals surface area contributed by atoms with E-state index in [1.165, 1.54) is 45.4 Å². The molecular formula is C17H26O2. The van der Waals surface area contributed by atoms with Crippen LogP contribution in [0.1, 0.15) is 59.3 Å². The van der Waals surface area contributed by atoms with Crippen LogP contribution in [-0.4, -0.2) is 11.4 Å². The van der Waals surface area contributed by atoms with Gasteiger partial charge < -0.3 is 4.74 Å².